The molecule has 88 valence electrons. The summed E-state index contributed by atoms with van der Waals surface area (Å²) in [6, 6.07) is 9.27. The molecule has 0 saturated heterocycles. The van der Waals surface area contributed by atoms with Gasteiger partial charge in [-0.2, -0.15) is 0 Å². The first kappa shape index (κ1) is 11.3. The van der Waals surface area contributed by atoms with Crippen molar-refractivity contribution >= 4 is 11.4 Å². The SMILES string of the molecule is CCC1CNc2ccccc2N1CC(C)C. The summed E-state index contributed by atoms with van der Waals surface area (Å²) in [6.45, 7) is 9.07. The van der Waals surface area contributed by atoms with Crippen molar-refractivity contribution in [1.29, 1.82) is 0 Å². The topological polar surface area (TPSA) is 15.3 Å². The van der Waals surface area contributed by atoms with Gasteiger partial charge in [-0.05, 0) is 24.5 Å². The molecule has 0 spiro atoms. The van der Waals surface area contributed by atoms with Crippen molar-refractivity contribution in [1.82, 2.24) is 0 Å². The quantitative estimate of drug-likeness (QED) is 0.837. The third-order valence-corrected chi connectivity index (χ3v) is 3.22. The van der Waals surface area contributed by atoms with E-state index in [2.05, 4.69) is 55.3 Å². The summed E-state index contributed by atoms with van der Waals surface area (Å²) in [7, 11) is 0. The second-order valence-corrected chi connectivity index (χ2v) is 5.01. The molecule has 2 nitrogen and oxygen atoms in total. The molecule has 1 aliphatic rings. The van der Waals surface area contributed by atoms with E-state index in [0.29, 0.717) is 12.0 Å². The molecule has 2 heteroatoms. The average Bonchev–Trinajstić information content (AvgIpc) is 2.29. The summed E-state index contributed by atoms with van der Waals surface area (Å²) in [6.07, 6.45) is 1.20. The number of rotatable bonds is 3. The lowest BCUT2D eigenvalue weighted by atomic mass is 10.0. The second-order valence-electron chi connectivity index (χ2n) is 5.01. The fraction of sp³-hybridized carbons (Fsp3) is 0.571. The van der Waals surface area contributed by atoms with Crippen molar-refractivity contribution in [3.05, 3.63) is 24.3 Å². The molecule has 1 N–H and O–H groups in total. The molecule has 0 aliphatic carbocycles. The molecule has 1 unspecified atom stereocenters. The van der Waals surface area contributed by atoms with Crippen LogP contribution in [0.25, 0.3) is 0 Å². The lowest BCUT2D eigenvalue weighted by Gasteiger charge is -2.40. The van der Waals surface area contributed by atoms with E-state index in [-0.39, 0.29) is 0 Å². The maximum absolute atomic E-state index is 3.53. The van der Waals surface area contributed by atoms with Crippen LogP contribution >= 0.6 is 0 Å². The zero-order valence-electron chi connectivity index (χ0n) is 10.5. The minimum atomic E-state index is 0.636. The first-order valence-corrected chi connectivity index (χ1v) is 6.32. The molecule has 16 heavy (non-hydrogen) atoms. The van der Waals surface area contributed by atoms with Crippen LogP contribution in [0.2, 0.25) is 0 Å². The molecule has 0 radical (unpaired) electrons. The number of hydrogen-bond donors (Lipinski definition) is 1. The lowest BCUT2D eigenvalue weighted by Crippen LogP contribution is -2.45. The first-order valence-electron chi connectivity index (χ1n) is 6.32. The minimum absolute atomic E-state index is 0.636. The molecule has 1 heterocycles. The number of fused-ring (bicyclic) bond motifs is 1. The zero-order chi connectivity index (χ0) is 11.5. The summed E-state index contributed by atoms with van der Waals surface area (Å²) in [5.41, 5.74) is 2.65. The van der Waals surface area contributed by atoms with E-state index in [0.717, 1.165) is 13.1 Å². The van der Waals surface area contributed by atoms with Crippen LogP contribution in [0.5, 0.6) is 0 Å². The summed E-state index contributed by atoms with van der Waals surface area (Å²) >= 11 is 0. The molecule has 0 fully saturated rings. The molecule has 1 aromatic carbocycles. The van der Waals surface area contributed by atoms with Crippen molar-refractivity contribution in [2.45, 2.75) is 33.2 Å². The van der Waals surface area contributed by atoms with Crippen LogP contribution in [-0.4, -0.2) is 19.1 Å². The Balaban J connectivity index is 2.29. The maximum Gasteiger partial charge on any atom is 0.0605 e. The van der Waals surface area contributed by atoms with Crippen molar-refractivity contribution < 1.29 is 0 Å². The molecule has 1 aliphatic heterocycles. The molecule has 0 bridgehead atoms. The van der Waals surface area contributed by atoms with Crippen LogP contribution in [0.1, 0.15) is 27.2 Å². The van der Waals surface area contributed by atoms with Crippen molar-refractivity contribution in [3.8, 4) is 0 Å². The smallest absolute Gasteiger partial charge is 0.0605 e. The van der Waals surface area contributed by atoms with Gasteiger partial charge in [-0.25, -0.2) is 0 Å². The molecule has 1 atom stereocenters. The third kappa shape index (κ3) is 2.16. The summed E-state index contributed by atoms with van der Waals surface area (Å²) in [4.78, 5) is 2.57. The van der Waals surface area contributed by atoms with Gasteiger partial charge in [-0.1, -0.05) is 32.9 Å². The number of hydrogen-bond acceptors (Lipinski definition) is 2. The highest BCUT2D eigenvalue weighted by Gasteiger charge is 2.24. The highest BCUT2D eigenvalue weighted by atomic mass is 15.2. The van der Waals surface area contributed by atoms with Crippen LogP contribution in [0.15, 0.2) is 24.3 Å². The number of anilines is 2. The Morgan fingerprint density at radius 3 is 2.81 bits per heavy atom. The Bertz CT molecular complexity index is 346. The molecule has 0 saturated carbocycles. The number of benzene rings is 1. The van der Waals surface area contributed by atoms with Crippen LogP contribution in [0, 0.1) is 5.92 Å². The van der Waals surface area contributed by atoms with Crippen LogP contribution in [0.3, 0.4) is 0 Å². The van der Waals surface area contributed by atoms with Gasteiger partial charge in [0.05, 0.1) is 11.4 Å². The Morgan fingerprint density at radius 2 is 2.12 bits per heavy atom. The Morgan fingerprint density at radius 1 is 1.38 bits per heavy atom. The van der Waals surface area contributed by atoms with E-state index >= 15 is 0 Å². The van der Waals surface area contributed by atoms with Gasteiger partial charge in [-0.15, -0.1) is 0 Å². The average molecular weight is 218 g/mol. The van der Waals surface area contributed by atoms with Gasteiger partial charge in [0, 0.05) is 19.1 Å². The first-order chi connectivity index (χ1) is 7.72. The maximum atomic E-state index is 3.53. The standard InChI is InChI=1S/C14H22N2/c1-4-12-9-15-13-7-5-6-8-14(13)16(12)10-11(2)3/h5-8,11-12,15H,4,9-10H2,1-3H3. The summed E-state index contributed by atoms with van der Waals surface area (Å²) < 4.78 is 0. The van der Waals surface area contributed by atoms with Crippen molar-refractivity contribution in [2.75, 3.05) is 23.3 Å². The Labute approximate surface area is 98.7 Å². The molecular formula is C14H22N2. The predicted octanol–water partition coefficient (Wildman–Crippen LogP) is 3.35. The highest BCUT2D eigenvalue weighted by Crippen LogP contribution is 2.32. The van der Waals surface area contributed by atoms with Gasteiger partial charge >= 0.3 is 0 Å². The summed E-state index contributed by atoms with van der Waals surface area (Å²) in [5.74, 6) is 0.709. The van der Waals surface area contributed by atoms with Gasteiger partial charge in [0.1, 0.15) is 0 Å². The monoisotopic (exact) mass is 218 g/mol. The fourth-order valence-electron chi connectivity index (χ4n) is 2.41. The van der Waals surface area contributed by atoms with E-state index in [1.165, 1.54) is 17.8 Å². The number of para-hydroxylation sites is 2. The van der Waals surface area contributed by atoms with E-state index in [4.69, 9.17) is 0 Å². The van der Waals surface area contributed by atoms with Gasteiger partial charge in [0.25, 0.3) is 0 Å². The van der Waals surface area contributed by atoms with Gasteiger partial charge in [0.2, 0.25) is 0 Å². The van der Waals surface area contributed by atoms with Crippen molar-refractivity contribution in [3.63, 3.8) is 0 Å². The van der Waals surface area contributed by atoms with Crippen LogP contribution in [0.4, 0.5) is 11.4 Å². The van der Waals surface area contributed by atoms with Gasteiger partial charge in [0.15, 0.2) is 0 Å². The Hall–Kier alpha value is -1.18. The molecule has 1 aromatic rings. The van der Waals surface area contributed by atoms with E-state index in [9.17, 15) is 0 Å². The fourth-order valence-corrected chi connectivity index (χ4v) is 2.41. The zero-order valence-corrected chi connectivity index (χ0v) is 10.5. The van der Waals surface area contributed by atoms with Crippen LogP contribution < -0.4 is 10.2 Å². The molecular weight excluding hydrogens is 196 g/mol. The number of nitrogens with zero attached hydrogens (tertiary/aromatic N) is 1. The number of nitrogens with one attached hydrogen (secondary N) is 1. The normalized spacial score (nSPS) is 19.5. The van der Waals surface area contributed by atoms with Crippen molar-refractivity contribution in [2.24, 2.45) is 5.92 Å². The molecule has 2 rings (SSSR count). The predicted molar refractivity (Wildman–Crippen MR) is 71.2 cm³/mol. The molecule has 0 amide bonds. The van der Waals surface area contributed by atoms with E-state index in [1.807, 2.05) is 0 Å². The minimum Gasteiger partial charge on any atom is -0.381 e. The van der Waals surface area contributed by atoms with Gasteiger partial charge in [-0.3, -0.25) is 0 Å². The third-order valence-electron chi connectivity index (χ3n) is 3.22. The van der Waals surface area contributed by atoms with Gasteiger partial charge < -0.3 is 10.2 Å². The van der Waals surface area contributed by atoms with E-state index in [1.54, 1.807) is 0 Å². The largest absolute Gasteiger partial charge is 0.381 e. The molecule has 0 aromatic heterocycles. The summed E-state index contributed by atoms with van der Waals surface area (Å²) in [5, 5.41) is 3.53. The lowest BCUT2D eigenvalue weighted by molar-refractivity contribution is 0.523. The highest BCUT2D eigenvalue weighted by molar-refractivity contribution is 5.72. The Kier molecular flexibility index (Phi) is 3.37. The van der Waals surface area contributed by atoms with Crippen LogP contribution in [-0.2, 0) is 0 Å². The second kappa shape index (κ2) is 4.77. The van der Waals surface area contributed by atoms with E-state index < -0.39 is 0 Å².